The van der Waals surface area contributed by atoms with E-state index < -0.39 is 29.5 Å². The van der Waals surface area contributed by atoms with E-state index in [0.29, 0.717) is 12.8 Å². The molecule has 0 fully saturated rings. The van der Waals surface area contributed by atoms with Crippen LogP contribution in [0.25, 0.3) is 0 Å². The lowest BCUT2D eigenvalue weighted by molar-refractivity contribution is -0.142. The first kappa shape index (κ1) is 17.9. The van der Waals surface area contributed by atoms with Crippen molar-refractivity contribution in [2.45, 2.75) is 31.5 Å². The van der Waals surface area contributed by atoms with E-state index >= 15 is 0 Å². The molecular formula is C21H20O5. The fraction of sp³-hybridized carbons (Fsp3) is 0.238. The number of cyclic esters (lactones) is 1. The molecule has 2 aromatic rings. The van der Waals surface area contributed by atoms with Gasteiger partial charge >= 0.3 is 5.97 Å². The van der Waals surface area contributed by atoms with Crippen molar-refractivity contribution in [1.82, 2.24) is 0 Å². The summed E-state index contributed by atoms with van der Waals surface area (Å²) in [4.78, 5) is 24.5. The predicted octanol–water partition coefficient (Wildman–Crippen LogP) is 2.53. The molecule has 0 bridgehead atoms. The third kappa shape index (κ3) is 4.00. The zero-order valence-corrected chi connectivity index (χ0v) is 14.2. The van der Waals surface area contributed by atoms with Gasteiger partial charge in [-0.1, -0.05) is 60.7 Å². The van der Waals surface area contributed by atoms with Crippen molar-refractivity contribution in [3.63, 3.8) is 0 Å². The molecule has 0 saturated heterocycles. The van der Waals surface area contributed by atoms with Crippen LogP contribution in [-0.2, 0) is 27.2 Å². The second kappa shape index (κ2) is 7.97. The van der Waals surface area contributed by atoms with Crippen LogP contribution in [0.15, 0.2) is 72.0 Å². The Bertz CT molecular complexity index is 811. The number of aryl methyl sites for hydroxylation is 1. The monoisotopic (exact) mass is 352 g/mol. The zero-order valence-electron chi connectivity index (χ0n) is 14.2. The Balaban J connectivity index is 1.68. The predicted molar refractivity (Wildman–Crippen MR) is 95.5 cm³/mol. The molecule has 1 aliphatic heterocycles. The number of hydrogen-bond donors (Lipinski definition) is 2. The molecule has 26 heavy (non-hydrogen) atoms. The van der Waals surface area contributed by atoms with Gasteiger partial charge in [-0.2, -0.15) is 0 Å². The number of esters is 1. The smallest absolute Gasteiger partial charge is 0.346 e. The number of rotatable bonds is 7. The van der Waals surface area contributed by atoms with Crippen molar-refractivity contribution in [2.75, 3.05) is 0 Å². The Morgan fingerprint density at radius 1 is 1.00 bits per heavy atom. The van der Waals surface area contributed by atoms with Crippen LogP contribution in [0.5, 0.6) is 0 Å². The highest BCUT2D eigenvalue weighted by Crippen LogP contribution is 2.26. The minimum absolute atomic E-state index is 0.0679. The molecule has 2 atom stereocenters. The number of ketones is 1. The minimum Gasteiger partial charge on any atom is -0.507 e. The lowest BCUT2D eigenvalue weighted by Gasteiger charge is -2.10. The molecule has 0 aromatic heterocycles. The van der Waals surface area contributed by atoms with E-state index in [1.807, 2.05) is 36.4 Å². The van der Waals surface area contributed by atoms with Crippen molar-refractivity contribution < 1.29 is 24.5 Å². The number of benzene rings is 2. The van der Waals surface area contributed by atoms with Gasteiger partial charge in [-0.15, -0.1) is 0 Å². The van der Waals surface area contributed by atoms with E-state index in [-0.39, 0.29) is 12.2 Å². The van der Waals surface area contributed by atoms with Gasteiger partial charge < -0.3 is 14.9 Å². The van der Waals surface area contributed by atoms with Gasteiger partial charge in [-0.05, 0) is 24.0 Å². The maximum absolute atomic E-state index is 12.4. The van der Waals surface area contributed by atoms with Crippen LogP contribution in [0.2, 0.25) is 0 Å². The molecule has 0 radical (unpaired) electrons. The van der Waals surface area contributed by atoms with E-state index in [1.54, 1.807) is 24.3 Å². The van der Waals surface area contributed by atoms with Gasteiger partial charge in [-0.3, -0.25) is 4.79 Å². The molecule has 0 spiro atoms. The van der Waals surface area contributed by atoms with Crippen LogP contribution in [0, 0.1) is 0 Å². The van der Waals surface area contributed by atoms with Gasteiger partial charge in [0.1, 0.15) is 11.7 Å². The molecule has 0 aliphatic carbocycles. The van der Waals surface area contributed by atoms with E-state index in [9.17, 15) is 19.8 Å². The fourth-order valence-electron chi connectivity index (χ4n) is 2.97. The highest BCUT2D eigenvalue weighted by molar-refractivity contribution is 6.20. The number of aliphatic hydroxyl groups excluding tert-OH is 2. The zero-order chi connectivity index (χ0) is 18.5. The van der Waals surface area contributed by atoms with Crippen LogP contribution in [0.1, 0.15) is 17.5 Å². The number of hydrogen-bond acceptors (Lipinski definition) is 5. The van der Waals surface area contributed by atoms with E-state index in [0.717, 1.165) is 11.1 Å². The summed E-state index contributed by atoms with van der Waals surface area (Å²) in [6, 6.07) is 18.6. The normalized spacial score (nSPS) is 17.9. The average molecular weight is 352 g/mol. The Hall–Kier alpha value is -2.92. The maximum Gasteiger partial charge on any atom is 0.346 e. The molecular weight excluding hydrogens is 332 g/mol. The Labute approximate surface area is 151 Å². The van der Waals surface area contributed by atoms with Crippen LogP contribution in [0.3, 0.4) is 0 Å². The molecule has 2 aromatic carbocycles. The van der Waals surface area contributed by atoms with Crippen LogP contribution in [0.4, 0.5) is 0 Å². The number of carbonyl (C=O) groups excluding carboxylic acids is 2. The summed E-state index contributed by atoms with van der Waals surface area (Å²) in [5.41, 5.74) is 1.37. The Morgan fingerprint density at radius 2 is 1.58 bits per heavy atom. The highest BCUT2D eigenvalue weighted by atomic mass is 16.6. The Morgan fingerprint density at radius 3 is 2.19 bits per heavy atom. The number of Topliss-reactive ketones (excluding diaryl/α,β-unsaturated/α-hetero) is 1. The lowest BCUT2D eigenvalue weighted by Crippen LogP contribution is -2.27. The number of aliphatic hydroxyl groups is 2. The average Bonchev–Trinajstić information content (AvgIpc) is 2.94. The van der Waals surface area contributed by atoms with Crippen molar-refractivity contribution in [3.8, 4) is 0 Å². The SMILES string of the molecule is O=C1O[C@@H](CCc2ccccc2)C(O)=C1C(=O)[C@H](O)Cc1ccccc1. The molecule has 0 saturated carbocycles. The summed E-state index contributed by atoms with van der Waals surface area (Å²) >= 11 is 0. The minimum atomic E-state index is -1.41. The fourth-order valence-corrected chi connectivity index (χ4v) is 2.97. The van der Waals surface area contributed by atoms with Gasteiger partial charge in [0, 0.05) is 6.42 Å². The van der Waals surface area contributed by atoms with Crippen LogP contribution in [-0.4, -0.2) is 34.2 Å². The summed E-state index contributed by atoms with van der Waals surface area (Å²) in [5, 5.41) is 20.4. The van der Waals surface area contributed by atoms with E-state index in [4.69, 9.17) is 4.74 Å². The molecule has 2 N–H and O–H groups in total. The van der Waals surface area contributed by atoms with E-state index in [2.05, 4.69) is 0 Å². The third-order valence-electron chi connectivity index (χ3n) is 4.37. The van der Waals surface area contributed by atoms with Crippen LogP contribution < -0.4 is 0 Å². The molecule has 1 aliphatic rings. The molecule has 0 amide bonds. The topological polar surface area (TPSA) is 83.8 Å². The first-order chi connectivity index (χ1) is 12.6. The van der Waals surface area contributed by atoms with Gasteiger partial charge in [0.25, 0.3) is 0 Å². The molecule has 0 unspecified atom stereocenters. The third-order valence-corrected chi connectivity index (χ3v) is 4.37. The van der Waals surface area contributed by atoms with Crippen molar-refractivity contribution in [3.05, 3.63) is 83.1 Å². The quantitative estimate of drug-likeness (QED) is 0.591. The molecule has 1 heterocycles. The van der Waals surface area contributed by atoms with Gasteiger partial charge in [0.2, 0.25) is 5.78 Å². The number of ether oxygens (including phenoxy) is 1. The second-order valence-corrected chi connectivity index (χ2v) is 6.25. The van der Waals surface area contributed by atoms with Crippen molar-refractivity contribution in [1.29, 1.82) is 0 Å². The van der Waals surface area contributed by atoms with Gasteiger partial charge in [0.05, 0.1) is 0 Å². The van der Waals surface area contributed by atoms with Crippen LogP contribution >= 0.6 is 0 Å². The van der Waals surface area contributed by atoms with Crippen molar-refractivity contribution >= 4 is 11.8 Å². The van der Waals surface area contributed by atoms with Gasteiger partial charge in [-0.25, -0.2) is 4.79 Å². The molecule has 5 heteroatoms. The molecule has 5 nitrogen and oxygen atoms in total. The first-order valence-electron chi connectivity index (χ1n) is 8.50. The van der Waals surface area contributed by atoms with E-state index in [1.165, 1.54) is 0 Å². The van der Waals surface area contributed by atoms with Gasteiger partial charge in [0.15, 0.2) is 11.9 Å². The Kier molecular flexibility index (Phi) is 5.49. The maximum atomic E-state index is 12.4. The summed E-state index contributed by atoms with van der Waals surface area (Å²) in [6.07, 6.45) is -1.23. The molecule has 134 valence electrons. The highest BCUT2D eigenvalue weighted by Gasteiger charge is 2.40. The number of carbonyl (C=O) groups is 2. The summed E-state index contributed by atoms with van der Waals surface area (Å²) in [5.74, 6) is -2.07. The first-order valence-corrected chi connectivity index (χ1v) is 8.50. The lowest BCUT2D eigenvalue weighted by atomic mass is 9.98. The largest absolute Gasteiger partial charge is 0.507 e. The standard InChI is InChI=1S/C21H20O5/c22-16(13-15-9-5-2-6-10-15)19(23)18-20(24)17(26-21(18)25)12-11-14-7-3-1-4-8-14/h1-10,16-17,22,24H,11-13H2/t16-,17+/m1/s1. The summed E-state index contributed by atoms with van der Waals surface area (Å²) in [6.45, 7) is 0. The molecule has 3 rings (SSSR count). The second-order valence-electron chi connectivity index (χ2n) is 6.25. The summed E-state index contributed by atoms with van der Waals surface area (Å²) < 4.78 is 5.13. The summed E-state index contributed by atoms with van der Waals surface area (Å²) in [7, 11) is 0. The van der Waals surface area contributed by atoms with Crippen molar-refractivity contribution in [2.24, 2.45) is 0 Å².